The van der Waals surface area contributed by atoms with Gasteiger partial charge >= 0.3 is 0 Å². The molecule has 0 fully saturated rings. The molecule has 0 aliphatic rings. The van der Waals surface area contributed by atoms with Crippen molar-refractivity contribution in [1.29, 1.82) is 0 Å². The van der Waals surface area contributed by atoms with Crippen molar-refractivity contribution < 1.29 is 9.47 Å². The standard InChI is InChI=1S/C18H31N3O2/c1-4-19-18(20-13-9-10-14-22-5-2)21-15-16-11-7-8-12-17(16)23-6-3/h7-8,11-12H,4-6,9-10,13-15H2,1-3H3,(H2,19,20,21). The van der Waals surface area contributed by atoms with Gasteiger partial charge in [-0.3, -0.25) is 0 Å². The minimum absolute atomic E-state index is 0.602. The molecule has 0 saturated carbocycles. The molecule has 5 heteroatoms. The van der Waals surface area contributed by atoms with Crippen LogP contribution in [0.25, 0.3) is 0 Å². The number of guanidine groups is 1. The normalized spacial score (nSPS) is 11.3. The van der Waals surface area contributed by atoms with Gasteiger partial charge in [0.15, 0.2) is 5.96 Å². The molecule has 0 atom stereocenters. The summed E-state index contributed by atoms with van der Waals surface area (Å²) in [5, 5.41) is 6.64. The van der Waals surface area contributed by atoms with Gasteiger partial charge in [-0.05, 0) is 39.7 Å². The van der Waals surface area contributed by atoms with E-state index in [1.165, 1.54) is 0 Å². The summed E-state index contributed by atoms with van der Waals surface area (Å²) in [5.41, 5.74) is 1.10. The van der Waals surface area contributed by atoms with E-state index in [2.05, 4.69) is 28.6 Å². The van der Waals surface area contributed by atoms with E-state index in [0.717, 1.165) is 56.4 Å². The molecule has 23 heavy (non-hydrogen) atoms. The predicted molar refractivity (Wildman–Crippen MR) is 96.2 cm³/mol. The number of hydrogen-bond donors (Lipinski definition) is 2. The number of unbranched alkanes of at least 4 members (excludes halogenated alkanes) is 1. The molecule has 1 aromatic carbocycles. The van der Waals surface area contributed by atoms with Crippen LogP contribution in [0.15, 0.2) is 29.3 Å². The van der Waals surface area contributed by atoms with Gasteiger partial charge in [-0.2, -0.15) is 0 Å². The summed E-state index contributed by atoms with van der Waals surface area (Å²) in [4.78, 5) is 4.64. The largest absolute Gasteiger partial charge is 0.494 e. The van der Waals surface area contributed by atoms with Crippen molar-refractivity contribution in [2.24, 2.45) is 4.99 Å². The summed E-state index contributed by atoms with van der Waals surface area (Å²) in [7, 11) is 0. The molecule has 0 bridgehead atoms. The first kappa shape index (κ1) is 19.3. The Bertz CT molecular complexity index is 450. The van der Waals surface area contributed by atoms with E-state index < -0.39 is 0 Å². The summed E-state index contributed by atoms with van der Waals surface area (Å²) < 4.78 is 11.0. The predicted octanol–water partition coefficient (Wildman–Crippen LogP) is 2.96. The summed E-state index contributed by atoms with van der Waals surface area (Å²) >= 11 is 0. The summed E-state index contributed by atoms with van der Waals surface area (Å²) in [6, 6.07) is 8.05. The minimum Gasteiger partial charge on any atom is -0.494 e. The second kappa shape index (κ2) is 12.8. The highest BCUT2D eigenvalue weighted by Gasteiger charge is 2.02. The van der Waals surface area contributed by atoms with Crippen LogP contribution in [-0.4, -0.2) is 38.9 Å². The molecular formula is C18H31N3O2. The maximum Gasteiger partial charge on any atom is 0.191 e. The Hall–Kier alpha value is -1.75. The lowest BCUT2D eigenvalue weighted by Gasteiger charge is -2.12. The molecule has 1 rings (SSSR count). The Balaban J connectivity index is 2.48. The SMILES string of the molecule is CCNC(=NCc1ccccc1OCC)NCCCCOCC. The Morgan fingerprint density at radius 1 is 1.04 bits per heavy atom. The molecule has 5 nitrogen and oxygen atoms in total. The van der Waals surface area contributed by atoms with Crippen molar-refractivity contribution in [1.82, 2.24) is 10.6 Å². The van der Waals surface area contributed by atoms with Gasteiger partial charge < -0.3 is 20.1 Å². The zero-order valence-electron chi connectivity index (χ0n) is 14.7. The lowest BCUT2D eigenvalue weighted by molar-refractivity contribution is 0.143. The molecule has 0 radical (unpaired) electrons. The first-order chi connectivity index (χ1) is 11.3. The zero-order chi connectivity index (χ0) is 16.8. The minimum atomic E-state index is 0.602. The Morgan fingerprint density at radius 2 is 1.87 bits per heavy atom. The molecule has 0 spiro atoms. The number of nitrogens with zero attached hydrogens (tertiary/aromatic N) is 1. The maximum atomic E-state index is 5.64. The number of para-hydroxylation sites is 1. The highest BCUT2D eigenvalue weighted by molar-refractivity contribution is 5.79. The average Bonchev–Trinajstić information content (AvgIpc) is 2.57. The van der Waals surface area contributed by atoms with Crippen LogP contribution in [0.1, 0.15) is 39.2 Å². The van der Waals surface area contributed by atoms with Crippen molar-refractivity contribution in [3.63, 3.8) is 0 Å². The van der Waals surface area contributed by atoms with Crippen LogP contribution in [0.5, 0.6) is 5.75 Å². The Morgan fingerprint density at radius 3 is 2.61 bits per heavy atom. The second-order valence-corrected chi connectivity index (χ2v) is 5.07. The number of nitrogens with one attached hydrogen (secondary N) is 2. The van der Waals surface area contributed by atoms with Gasteiger partial charge in [-0.15, -0.1) is 0 Å². The van der Waals surface area contributed by atoms with E-state index in [1.807, 2.05) is 32.0 Å². The van der Waals surface area contributed by atoms with Gasteiger partial charge in [0, 0.05) is 31.9 Å². The third-order valence-corrected chi connectivity index (χ3v) is 3.24. The number of ether oxygens (including phenoxy) is 2. The zero-order valence-corrected chi connectivity index (χ0v) is 14.7. The molecule has 0 heterocycles. The summed E-state index contributed by atoms with van der Waals surface area (Å²) in [6.45, 7) is 10.7. The quantitative estimate of drug-likeness (QED) is 0.374. The number of hydrogen-bond acceptors (Lipinski definition) is 3. The highest BCUT2D eigenvalue weighted by atomic mass is 16.5. The summed E-state index contributed by atoms with van der Waals surface area (Å²) in [5.74, 6) is 1.75. The first-order valence-corrected chi connectivity index (χ1v) is 8.62. The third-order valence-electron chi connectivity index (χ3n) is 3.24. The van der Waals surface area contributed by atoms with E-state index in [1.54, 1.807) is 0 Å². The van der Waals surface area contributed by atoms with E-state index in [0.29, 0.717) is 13.2 Å². The molecule has 0 aliphatic heterocycles. The smallest absolute Gasteiger partial charge is 0.191 e. The lowest BCUT2D eigenvalue weighted by Crippen LogP contribution is -2.37. The third kappa shape index (κ3) is 8.45. The number of benzene rings is 1. The monoisotopic (exact) mass is 321 g/mol. The second-order valence-electron chi connectivity index (χ2n) is 5.07. The van der Waals surface area contributed by atoms with E-state index in [9.17, 15) is 0 Å². The summed E-state index contributed by atoms with van der Waals surface area (Å²) in [6.07, 6.45) is 2.13. The van der Waals surface area contributed by atoms with Gasteiger partial charge in [0.25, 0.3) is 0 Å². The van der Waals surface area contributed by atoms with Crippen molar-refractivity contribution >= 4 is 5.96 Å². The molecular weight excluding hydrogens is 290 g/mol. The lowest BCUT2D eigenvalue weighted by atomic mass is 10.2. The molecule has 0 unspecified atom stereocenters. The average molecular weight is 321 g/mol. The number of rotatable bonds is 11. The topological polar surface area (TPSA) is 54.9 Å². The fraction of sp³-hybridized carbons (Fsp3) is 0.611. The van der Waals surface area contributed by atoms with Gasteiger partial charge in [-0.1, -0.05) is 18.2 Å². The number of aliphatic imine (C=N–C) groups is 1. The van der Waals surface area contributed by atoms with Crippen LogP contribution in [0.3, 0.4) is 0 Å². The first-order valence-electron chi connectivity index (χ1n) is 8.62. The molecule has 0 amide bonds. The molecule has 2 N–H and O–H groups in total. The van der Waals surface area contributed by atoms with Crippen LogP contribution < -0.4 is 15.4 Å². The van der Waals surface area contributed by atoms with E-state index >= 15 is 0 Å². The highest BCUT2D eigenvalue weighted by Crippen LogP contribution is 2.18. The van der Waals surface area contributed by atoms with Crippen molar-refractivity contribution in [3.05, 3.63) is 29.8 Å². The van der Waals surface area contributed by atoms with Gasteiger partial charge in [0.1, 0.15) is 5.75 Å². The van der Waals surface area contributed by atoms with Crippen molar-refractivity contribution in [2.75, 3.05) is 32.9 Å². The van der Waals surface area contributed by atoms with Gasteiger partial charge in [0.05, 0.1) is 13.2 Å². The van der Waals surface area contributed by atoms with Crippen LogP contribution in [0.2, 0.25) is 0 Å². The van der Waals surface area contributed by atoms with Gasteiger partial charge in [0.2, 0.25) is 0 Å². The fourth-order valence-electron chi connectivity index (χ4n) is 2.12. The fourth-order valence-corrected chi connectivity index (χ4v) is 2.12. The van der Waals surface area contributed by atoms with Gasteiger partial charge in [-0.25, -0.2) is 4.99 Å². The molecule has 0 aromatic heterocycles. The van der Waals surface area contributed by atoms with Crippen LogP contribution >= 0.6 is 0 Å². The Labute approximate surface area is 140 Å². The van der Waals surface area contributed by atoms with Crippen LogP contribution in [-0.2, 0) is 11.3 Å². The van der Waals surface area contributed by atoms with E-state index in [4.69, 9.17) is 9.47 Å². The molecule has 130 valence electrons. The van der Waals surface area contributed by atoms with Crippen molar-refractivity contribution in [3.8, 4) is 5.75 Å². The van der Waals surface area contributed by atoms with Crippen LogP contribution in [0, 0.1) is 0 Å². The molecule has 0 saturated heterocycles. The maximum absolute atomic E-state index is 5.64. The van der Waals surface area contributed by atoms with Crippen molar-refractivity contribution in [2.45, 2.75) is 40.2 Å². The Kier molecular flexibility index (Phi) is 10.7. The molecule has 1 aromatic rings. The van der Waals surface area contributed by atoms with Crippen LogP contribution in [0.4, 0.5) is 0 Å². The molecule has 0 aliphatic carbocycles. The van der Waals surface area contributed by atoms with E-state index in [-0.39, 0.29) is 0 Å².